The molecule has 18 saturated heterocycles. The molecule has 24 bridgehead atoms. The van der Waals surface area contributed by atoms with E-state index in [1.165, 1.54) is 0 Å². The molecule has 0 aromatic heterocycles. The molecule has 18 aliphatic heterocycles. The topological polar surface area (TPSA) is 735 Å². The fraction of sp³-hybridized carbons (Fsp3) is 0. The lowest BCUT2D eigenvalue weighted by molar-refractivity contribution is -0.147. The molecule has 0 aliphatic carbocycles. The van der Waals surface area contributed by atoms with Gasteiger partial charge in [0.1, 0.15) is 0 Å². The SMILES string of the molecule is O[Si]12O[SiH]3O[Si]4(O[Si]56O[Si]7(O)O[Si]8(O)O[Si]9(O)O[Si](O)(O7)O[Si](O)(O[Si](O)(O9)O[Si](O)(O8)O5)O6)O[Si](O)(O1)O[Si]1(O)O[Si](O)(O2)O[Si](O[Si]25O[Si]6(O)O[Si]7(O)O[Si]8(O)O[Si](O)(O6)O[Si](O)(O[Si](O)(O8)O[Si](O)(O7)O2)O5)(O3)O[Si](O)(O1)O4. The average molecular weight is 1610 g/mol. The molecule has 57 nitrogen and oxygen atoms in total. The molecule has 0 saturated carbocycles. The molecule has 0 amide bonds. The molecule has 81 heavy (non-hydrogen) atoms. The van der Waals surface area contributed by atoms with Crippen molar-refractivity contribution < 1.29 is 247 Å². The van der Waals surface area contributed by atoms with Crippen LogP contribution in [0.2, 0.25) is 0 Å². The summed E-state index contributed by atoms with van der Waals surface area (Å²) in [6.45, 7) is 0. The summed E-state index contributed by atoms with van der Waals surface area (Å²) in [5, 5.41) is 0. The summed E-state index contributed by atoms with van der Waals surface area (Å²) in [5.41, 5.74) is 0. The maximum absolute atomic E-state index is 12.6. The molecule has 0 aromatic rings. The van der Waals surface area contributed by atoms with Crippen LogP contribution in [0.25, 0.3) is 0 Å². The van der Waals surface area contributed by atoms with E-state index in [1.807, 2.05) is 0 Å². The van der Waals surface area contributed by atoms with Crippen LogP contribution >= 0.6 is 0 Å². The monoisotopic (exact) mass is 1600 g/mol. The van der Waals surface area contributed by atoms with Gasteiger partial charge >= 0.3 is 218 Å². The molecule has 81 heteroatoms. The van der Waals surface area contributed by atoms with E-state index in [0.717, 1.165) is 0 Å². The van der Waals surface area contributed by atoms with Crippen LogP contribution in [0.4, 0.5) is 0 Å². The van der Waals surface area contributed by atoms with E-state index in [0.29, 0.717) is 0 Å². The molecule has 458 valence electrons. The molecule has 19 N–H and O–H groups in total. The molecular formula is H20O57Si24. The first-order valence-electron chi connectivity index (χ1n) is 19.9. The van der Waals surface area contributed by atoms with Gasteiger partial charge in [0.05, 0.1) is 0 Å². The van der Waals surface area contributed by atoms with Crippen molar-refractivity contribution in [3.63, 3.8) is 0 Å². The lowest BCUT2D eigenvalue weighted by atomic mass is 15.4. The first kappa shape index (κ1) is 60.2. The number of hydrogen-bond acceptors (Lipinski definition) is 57. The fourth-order valence-electron chi connectivity index (χ4n) is 7.78. The standard InChI is InChI=1S/H20O57Si24/c1-59-20-58-21-78(56-80-50-71(13)33-62(4)25-60(2)26-63(5,35-71)37-73(15,52-80)38-64(6,27-60)36-72(14,34-62)51-80)46-69(11,23-59)31-68(10)32-70(12,24-59)47-79(22-58,49-77(19,45-68)48-78)57-81-53-74(16)39-65(7)28-61(3)29-66(8,41-74)43-76(18,55-81)44-67(9,30-61)42-75(17,40-65)54-81/h1-19,58H. The van der Waals surface area contributed by atoms with Gasteiger partial charge in [0.25, 0.3) is 0 Å². The van der Waals surface area contributed by atoms with E-state index in [9.17, 15) is 91.1 Å². The van der Waals surface area contributed by atoms with Crippen molar-refractivity contribution in [1.82, 2.24) is 0 Å². The minimum atomic E-state index is -7.14. The molecule has 0 aromatic carbocycles. The van der Waals surface area contributed by atoms with Gasteiger partial charge in [-0.1, -0.05) is 0 Å². The van der Waals surface area contributed by atoms with Crippen molar-refractivity contribution in [2.75, 3.05) is 0 Å². The zero-order valence-corrected chi connectivity index (χ0v) is 60.2. The largest absolute Gasteiger partial charge is 0.659 e. The Bertz CT molecular complexity index is 2330. The van der Waals surface area contributed by atoms with E-state index in [2.05, 4.69) is 0 Å². The lowest BCUT2D eigenvalue weighted by Gasteiger charge is -2.56. The summed E-state index contributed by atoms with van der Waals surface area (Å²) in [6.07, 6.45) is 0. The van der Waals surface area contributed by atoms with E-state index < -0.39 is 218 Å². The molecular weight excluding hydrogens is 1590 g/mol. The van der Waals surface area contributed by atoms with E-state index in [4.69, 9.17) is 156 Å². The van der Waals surface area contributed by atoms with Crippen LogP contribution in [0.1, 0.15) is 0 Å². The maximum Gasteiger partial charge on any atom is 0.659 e. The Morgan fingerprint density at radius 2 is 0.272 bits per heavy atom. The van der Waals surface area contributed by atoms with Gasteiger partial charge in [-0.3, -0.25) is 0 Å². The van der Waals surface area contributed by atoms with E-state index in [-0.39, 0.29) is 0 Å². The lowest BCUT2D eigenvalue weighted by Crippen LogP contribution is -2.92. The summed E-state index contributed by atoms with van der Waals surface area (Å²) in [4.78, 5) is 222. The van der Waals surface area contributed by atoms with Gasteiger partial charge in [0.15, 0.2) is 0 Å². The Balaban J connectivity index is 0.885. The van der Waals surface area contributed by atoms with Gasteiger partial charge in [-0.05, 0) is 0 Å². The summed E-state index contributed by atoms with van der Waals surface area (Å²) < 4.78 is 199. The highest BCUT2D eigenvalue weighted by atomic mass is 28.7. The zero-order chi connectivity index (χ0) is 57.9. The van der Waals surface area contributed by atoms with Crippen molar-refractivity contribution in [2.24, 2.45) is 0 Å². The number of rotatable bonds is 4. The first-order chi connectivity index (χ1) is 36.5. The highest BCUT2D eigenvalue weighted by molar-refractivity contribution is 7.02. The second-order valence-corrected chi connectivity index (χ2v) is 72.1. The first-order valence-corrected chi connectivity index (χ1v) is 59.6. The van der Waals surface area contributed by atoms with Crippen molar-refractivity contribution in [1.29, 1.82) is 0 Å². The van der Waals surface area contributed by atoms with Gasteiger partial charge in [0.2, 0.25) is 0 Å². The van der Waals surface area contributed by atoms with Crippen LogP contribution in [-0.2, 0) is 156 Å². The van der Waals surface area contributed by atoms with Crippen LogP contribution < -0.4 is 0 Å². The second-order valence-electron chi connectivity index (χ2n) is 16.2. The number of hydrogen-bond donors (Lipinski definition) is 19. The Labute approximate surface area is 462 Å². The molecule has 18 heterocycles. The Morgan fingerprint density at radius 3 is 0.444 bits per heavy atom. The quantitative estimate of drug-likeness (QED) is 0.116. The highest BCUT2D eigenvalue weighted by Gasteiger charge is 2.95. The van der Waals surface area contributed by atoms with Crippen molar-refractivity contribution in [3.8, 4) is 0 Å². The third-order valence-corrected chi connectivity index (χ3v) is 87.3. The van der Waals surface area contributed by atoms with Gasteiger partial charge in [-0.25, -0.2) is 0 Å². The zero-order valence-electron chi connectivity index (χ0n) is 36.1. The van der Waals surface area contributed by atoms with Crippen LogP contribution in [0.15, 0.2) is 0 Å². The summed E-state index contributed by atoms with van der Waals surface area (Å²) >= 11 is 0. The normalized spacial score (nSPS) is 67.5. The van der Waals surface area contributed by atoms with Gasteiger partial charge in [-0.15, -0.1) is 0 Å². The van der Waals surface area contributed by atoms with Crippen LogP contribution in [-0.4, -0.2) is 309 Å². The summed E-state index contributed by atoms with van der Waals surface area (Å²) in [6, 6.07) is 0. The summed E-state index contributed by atoms with van der Waals surface area (Å²) in [7, 11) is -157. The Kier molecular flexibility index (Phi) is 12.5. The minimum absolute atomic E-state index is 4.90. The molecule has 18 fully saturated rings. The molecule has 18 rings (SSSR count). The molecule has 0 radical (unpaired) electrons. The maximum atomic E-state index is 12.6. The van der Waals surface area contributed by atoms with Crippen molar-refractivity contribution >= 4 is 218 Å². The molecule has 18 aliphatic rings. The Morgan fingerprint density at radius 1 is 0.148 bits per heavy atom. The predicted octanol–water partition coefficient (Wildman–Crippen LogP) is -22.6. The third-order valence-electron chi connectivity index (χ3n) is 9.70. The van der Waals surface area contributed by atoms with Crippen LogP contribution in [0, 0.1) is 0 Å². The van der Waals surface area contributed by atoms with Crippen LogP contribution in [0.3, 0.4) is 0 Å². The van der Waals surface area contributed by atoms with E-state index in [1.54, 1.807) is 0 Å². The van der Waals surface area contributed by atoms with Gasteiger partial charge < -0.3 is 247 Å². The van der Waals surface area contributed by atoms with E-state index >= 15 is 0 Å². The molecule has 4 unspecified atom stereocenters. The van der Waals surface area contributed by atoms with Crippen molar-refractivity contribution in [3.05, 3.63) is 0 Å². The minimum Gasteiger partial charge on any atom is -0.369 e. The van der Waals surface area contributed by atoms with Gasteiger partial charge in [-0.2, -0.15) is 0 Å². The second kappa shape index (κ2) is 16.8. The van der Waals surface area contributed by atoms with Crippen LogP contribution in [0.5, 0.6) is 0 Å². The Hall–Kier alpha value is 2.93. The summed E-state index contributed by atoms with van der Waals surface area (Å²) in [5.74, 6) is 0. The highest BCUT2D eigenvalue weighted by Crippen LogP contribution is 2.52. The van der Waals surface area contributed by atoms with Gasteiger partial charge in [0, 0.05) is 0 Å². The molecule has 0 spiro atoms. The third kappa shape index (κ3) is 10.5. The smallest absolute Gasteiger partial charge is 0.369 e. The average Bonchev–Trinajstić information content (AvgIpc) is 0.831. The molecule has 4 atom stereocenters. The predicted molar refractivity (Wildman–Crippen MR) is 223 cm³/mol. The van der Waals surface area contributed by atoms with Crippen molar-refractivity contribution in [2.45, 2.75) is 0 Å². The fourth-order valence-corrected chi connectivity index (χ4v) is 102.